The summed E-state index contributed by atoms with van der Waals surface area (Å²) >= 11 is 0. The van der Waals surface area contributed by atoms with Crippen LogP contribution in [0.1, 0.15) is 31.2 Å². The lowest BCUT2D eigenvalue weighted by Gasteiger charge is -2.31. The summed E-state index contributed by atoms with van der Waals surface area (Å²) in [5.74, 6) is 2.00. The lowest BCUT2D eigenvalue weighted by Crippen LogP contribution is -2.35. The quantitative estimate of drug-likeness (QED) is 0.809. The summed E-state index contributed by atoms with van der Waals surface area (Å²) in [5.41, 5.74) is 7.95. The lowest BCUT2D eigenvalue weighted by atomic mass is 9.94. The fraction of sp³-hybridized carbons (Fsp3) is 0.600. The van der Waals surface area contributed by atoms with Gasteiger partial charge in [0.25, 0.3) is 0 Å². The first-order valence-electron chi connectivity index (χ1n) is 6.77. The van der Waals surface area contributed by atoms with E-state index in [2.05, 4.69) is 24.1 Å². The third-order valence-corrected chi connectivity index (χ3v) is 4.68. The zero-order valence-corrected chi connectivity index (χ0v) is 10.6. The Morgan fingerprint density at radius 1 is 1.18 bits per heavy atom. The van der Waals surface area contributed by atoms with E-state index in [9.17, 15) is 0 Å². The van der Waals surface area contributed by atoms with Crippen LogP contribution in [0.4, 0.5) is 5.69 Å². The van der Waals surface area contributed by atoms with Crippen LogP contribution in [-0.4, -0.2) is 18.0 Å². The first-order valence-corrected chi connectivity index (χ1v) is 6.77. The molecule has 0 aromatic heterocycles. The summed E-state index contributed by atoms with van der Waals surface area (Å²) in [5, 5.41) is 0. The van der Waals surface area contributed by atoms with E-state index in [0.717, 1.165) is 30.1 Å². The minimum Gasteiger partial charge on any atom is -0.399 e. The standard InChI is InChI=1S/C15H22N2/c1-17(10-11-3-6-14(16)7-4-11)15-9-12-2-5-13(15)8-12/h3-4,6-7,12-13,15H,2,5,8-10,16H2,1H3/t12?,13?,15-/m0/s1. The van der Waals surface area contributed by atoms with E-state index in [4.69, 9.17) is 5.73 Å². The second-order valence-corrected chi connectivity index (χ2v) is 5.90. The Labute approximate surface area is 104 Å². The molecule has 0 heterocycles. The Morgan fingerprint density at radius 3 is 2.53 bits per heavy atom. The molecule has 2 aliphatic carbocycles. The smallest absolute Gasteiger partial charge is 0.0314 e. The van der Waals surface area contributed by atoms with Gasteiger partial charge in [-0.15, -0.1) is 0 Å². The number of hydrogen-bond donors (Lipinski definition) is 1. The average molecular weight is 230 g/mol. The minimum atomic E-state index is 0.825. The average Bonchev–Trinajstić information content (AvgIpc) is 2.94. The maximum Gasteiger partial charge on any atom is 0.0314 e. The monoisotopic (exact) mass is 230 g/mol. The van der Waals surface area contributed by atoms with Crippen molar-refractivity contribution in [3.63, 3.8) is 0 Å². The highest BCUT2D eigenvalue weighted by Crippen LogP contribution is 2.46. The predicted octanol–water partition coefficient (Wildman–Crippen LogP) is 2.89. The van der Waals surface area contributed by atoms with Gasteiger partial charge in [-0.25, -0.2) is 0 Å². The van der Waals surface area contributed by atoms with E-state index in [1.54, 1.807) is 0 Å². The van der Waals surface area contributed by atoms with Gasteiger partial charge in [-0.2, -0.15) is 0 Å². The molecule has 2 saturated carbocycles. The highest BCUT2D eigenvalue weighted by atomic mass is 15.1. The number of nitrogens with two attached hydrogens (primary N) is 1. The van der Waals surface area contributed by atoms with Crippen LogP contribution in [0.5, 0.6) is 0 Å². The van der Waals surface area contributed by atoms with Gasteiger partial charge in [-0.05, 0) is 55.8 Å². The van der Waals surface area contributed by atoms with Crippen molar-refractivity contribution in [1.82, 2.24) is 4.90 Å². The van der Waals surface area contributed by atoms with Crippen LogP contribution in [0.2, 0.25) is 0 Å². The summed E-state index contributed by atoms with van der Waals surface area (Å²) in [7, 11) is 2.28. The second kappa shape index (κ2) is 4.34. The van der Waals surface area contributed by atoms with Gasteiger partial charge in [0.15, 0.2) is 0 Å². The molecular formula is C15H22N2. The Bertz CT molecular complexity index is 384. The van der Waals surface area contributed by atoms with Crippen LogP contribution in [0.15, 0.2) is 24.3 Å². The second-order valence-electron chi connectivity index (χ2n) is 5.90. The molecule has 0 spiro atoms. The van der Waals surface area contributed by atoms with E-state index < -0.39 is 0 Å². The number of hydrogen-bond acceptors (Lipinski definition) is 2. The molecule has 1 aromatic rings. The zero-order valence-electron chi connectivity index (χ0n) is 10.6. The molecule has 1 aromatic carbocycles. The van der Waals surface area contributed by atoms with Crippen LogP contribution < -0.4 is 5.73 Å². The van der Waals surface area contributed by atoms with Crippen LogP contribution >= 0.6 is 0 Å². The van der Waals surface area contributed by atoms with Crippen molar-refractivity contribution in [1.29, 1.82) is 0 Å². The number of anilines is 1. The molecule has 0 radical (unpaired) electrons. The predicted molar refractivity (Wildman–Crippen MR) is 71.6 cm³/mol. The Balaban J connectivity index is 1.63. The number of rotatable bonds is 3. The first-order chi connectivity index (χ1) is 8.22. The van der Waals surface area contributed by atoms with Gasteiger partial charge in [0, 0.05) is 18.3 Å². The molecule has 0 aliphatic heterocycles. The molecule has 2 N–H and O–H groups in total. The number of benzene rings is 1. The molecular weight excluding hydrogens is 208 g/mol. The fourth-order valence-corrected chi connectivity index (χ4v) is 3.78. The summed E-state index contributed by atoms with van der Waals surface area (Å²) < 4.78 is 0. The van der Waals surface area contributed by atoms with Gasteiger partial charge in [0.1, 0.15) is 0 Å². The summed E-state index contributed by atoms with van der Waals surface area (Å²) in [6, 6.07) is 9.14. The highest BCUT2D eigenvalue weighted by Gasteiger charge is 2.41. The molecule has 2 fully saturated rings. The van der Waals surface area contributed by atoms with Gasteiger partial charge < -0.3 is 5.73 Å². The van der Waals surface area contributed by atoms with Gasteiger partial charge in [0.05, 0.1) is 0 Å². The van der Waals surface area contributed by atoms with Gasteiger partial charge in [-0.1, -0.05) is 18.6 Å². The molecule has 0 amide bonds. The topological polar surface area (TPSA) is 29.3 Å². The minimum absolute atomic E-state index is 0.825. The third kappa shape index (κ3) is 2.19. The van der Waals surface area contributed by atoms with Gasteiger partial charge in [0.2, 0.25) is 0 Å². The third-order valence-electron chi connectivity index (χ3n) is 4.68. The lowest BCUT2D eigenvalue weighted by molar-refractivity contribution is 0.169. The van der Waals surface area contributed by atoms with Crippen LogP contribution in [0.25, 0.3) is 0 Å². The summed E-state index contributed by atoms with van der Waals surface area (Å²) in [6.45, 7) is 1.06. The van der Waals surface area contributed by atoms with Crippen molar-refractivity contribution in [2.75, 3.05) is 12.8 Å². The van der Waals surface area contributed by atoms with Crippen molar-refractivity contribution < 1.29 is 0 Å². The molecule has 3 rings (SSSR count). The van der Waals surface area contributed by atoms with Crippen molar-refractivity contribution in [2.45, 2.75) is 38.3 Å². The molecule has 2 bridgehead atoms. The maximum absolute atomic E-state index is 5.72. The normalized spacial score (nSPS) is 31.3. The van der Waals surface area contributed by atoms with Crippen molar-refractivity contribution in [2.24, 2.45) is 11.8 Å². The maximum atomic E-state index is 5.72. The van der Waals surface area contributed by atoms with Gasteiger partial charge >= 0.3 is 0 Å². The Morgan fingerprint density at radius 2 is 1.94 bits per heavy atom. The number of fused-ring (bicyclic) bond motifs is 2. The van der Waals surface area contributed by atoms with E-state index in [0.29, 0.717) is 0 Å². The van der Waals surface area contributed by atoms with E-state index in [1.807, 2.05) is 12.1 Å². The largest absolute Gasteiger partial charge is 0.399 e. The number of nitrogens with zero attached hydrogens (tertiary/aromatic N) is 1. The van der Waals surface area contributed by atoms with Crippen LogP contribution in [0.3, 0.4) is 0 Å². The molecule has 0 saturated heterocycles. The molecule has 2 aliphatic rings. The number of nitrogen functional groups attached to an aromatic ring is 1. The van der Waals surface area contributed by atoms with Gasteiger partial charge in [-0.3, -0.25) is 4.90 Å². The fourth-order valence-electron chi connectivity index (χ4n) is 3.78. The van der Waals surface area contributed by atoms with Crippen molar-refractivity contribution in [3.8, 4) is 0 Å². The van der Waals surface area contributed by atoms with E-state index in [1.165, 1.54) is 31.2 Å². The van der Waals surface area contributed by atoms with E-state index in [-0.39, 0.29) is 0 Å². The molecule has 17 heavy (non-hydrogen) atoms. The van der Waals surface area contributed by atoms with Crippen molar-refractivity contribution >= 4 is 5.69 Å². The molecule has 2 nitrogen and oxygen atoms in total. The summed E-state index contributed by atoms with van der Waals surface area (Å²) in [4.78, 5) is 2.55. The Kier molecular flexibility index (Phi) is 2.83. The molecule has 3 atom stereocenters. The first kappa shape index (κ1) is 11.1. The SMILES string of the molecule is CN(Cc1ccc(N)cc1)[C@H]1CC2CCC1C2. The summed E-state index contributed by atoms with van der Waals surface area (Å²) in [6.07, 6.45) is 5.85. The van der Waals surface area contributed by atoms with Crippen LogP contribution in [-0.2, 0) is 6.54 Å². The van der Waals surface area contributed by atoms with Crippen LogP contribution in [0, 0.1) is 11.8 Å². The molecule has 92 valence electrons. The molecule has 2 heteroatoms. The van der Waals surface area contributed by atoms with Crippen molar-refractivity contribution in [3.05, 3.63) is 29.8 Å². The van der Waals surface area contributed by atoms with E-state index >= 15 is 0 Å². The zero-order chi connectivity index (χ0) is 11.8. The highest BCUT2D eigenvalue weighted by molar-refractivity contribution is 5.39. The molecule has 2 unspecified atom stereocenters. The Hall–Kier alpha value is -1.02.